The summed E-state index contributed by atoms with van der Waals surface area (Å²) in [7, 11) is 0. The first-order valence-corrected chi connectivity index (χ1v) is 9.04. The number of para-hydroxylation sites is 1. The van der Waals surface area contributed by atoms with E-state index in [1.807, 2.05) is 37.3 Å². The molecule has 1 rings (SSSR count). The minimum atomic E-state index is -0.814. The molecule has 1 aromatic rings. The van der Waals surface area contributed by atoms with Crippen LogP contribution in [0.25, 0.3) is 0 Å². The highest BCUT2D eigenvalue weighted by molar-refractivity contribution is 5.81. The predicted molar refractivity (Wildman–Crippen MR) is 100 cm³/mol. The molecule has 1 amide bonds. The van der Waals surface area contributed by atoms with Gasteiger partial charge in [0.1, 0.15) is 29.6 Å². The molecule has 146 valence electrons. The molecule has 26 heavy (non-hydrogen) atoms. The smallest absolute Gasteiger partial charge is 0.408 e. The maximum absolute atomic E-state index is 12.3. The van der Waals surface area contributed by atoms with Crippen LogP contribution in [0.2, 0.25) is 0 Å². The summed E-state index contributed by atoms with van der Waals surface area (Å²) in [4.78, 5) is 24.0. The molecule has 0 aliphatic carbocycles. The minimum Gasteiger partial charge on any atom is -0.487 e. The second-order valence-corrected chi connectivity index (χ2v) is 7.27. The summed E-state index contributed by atoms with van der Waals surface area (Å²) in [6.07, 6.45) is 0.272. The van der Waals surface area contributed by atoms with Crippen molar-refractivity contribution in [2.45, 2.75) is 78.2 Å². The molecule has 0 unspecified atom stereocenters. The molecular weight excluding hydrogens is 334 g/mol. The van der Waals surface area contributed by atoms with Crippen LogP contribution in [0.5, 0.6) is 5.75 Å². The van der Waals surface area contributed by atoms with Crippen molar-refractivity contribution in [3.8, 4) is 5.75 Å². The molecule has 0 heterocycles. The summed E-state index contributed by atoms with van der Waals surface area (Å²) in [6, 6.07) is 8.61. The topological polar surface area (TPSA) is 73.9 Å². The third-order valence-corrected chi connectivity index (χ3v) is 3.52. The maximum atomic E-state index is 12.3. The fourth-order valence-corrected chi connectivity index (χ4v) is 2.25. The average molecular weight is 365 g/mol. The van der Waals surface area contributed by atoms with Gasteiger partial charge in [-0.1, -0.05) is 31.5 Å². The number of esters is 1. The van der Waals surface area contributed by atoms with Crippen LogP contribution in [0.4, 0.5) is 4.79 Å². The molecule has 1 N–H and O–H groups in total. The van der Waals surface area contributed by atoms with Crippen molar-refractivity contribution in [2.75, 3.05) is 0 Å². The summed E-state index contributed by atoms with van der Waals surface area (Å²) in [5, 5.41) is 2.49. The molecule has 1 aromatic carbocycles. The summed E-state index contributed by atoms with van der Waals surface area (Å²) in [6.45, 7) is 10.7. The van der Waals surface area contributed by atoms with Crippen LogP contribution in [-0.4, -0.2) is 35.9 Å². The summed E-state index contributed by atoms with van der Waals surface area (Å²) in [5.74, 6) is 0.204. The largest absolute Gasteiger partial charge is 0.487 e. The highest BCUT2D eigenvalue weighted by Gasteiger charge is 2.27. The van der Waals surface area contributed by atoms with E-state index in [0.717, 1.165) is 18.6 Å². The van der Waals surface area contributed by atoms with Crippen molar-refractivity contribution in [2.24, 2.45) is 0 Å². The molecule has 0 radical (unpaired) electrons. The molecule has 6 heteroatoms. The summed E-state index contributed by atoms with van der Waals surface area (Å²) in [5.41, 5.74) is -0.628. The lowest BCUT2D eigenvalue weighted by molar-refractivity contribution is -0.155. The molecule has 0 saturated heterocycles. The molecule has 3 atom stereocenters. The lowest BCUT2D eigenvalue weighted by Crippen LogP contribution is -2.44. The first kappa shape index (κ1) is 21.8. The van der Waals surface area contributed by atoms with Crippen molar-refractivity contribution in [1.82, 2.24) is 5.32 Å². The zero-order valence-corrected chi connectivity index (χ0v) is 16.6. The Labute approximate surface area is 156 Å². The second kappa shape index (κ2) is 10.0. The molecule has 0 aliphatic rings. The van der Waals surface area contributed by atoms with Gasteiger partial charge < -0.3 is 19.5 Å². The molecule has 6 nitrogen and oxygen atoms in total. The number of amides is 1. The van der Waals surface area contributed by atoms with Gasteiger partial charge in [0.15, 0.2) is 0 Å². The van der Waals surface area contributed by atoms with E-state index in [1.54, 1.807) is 34.6 Å². The van der Waals surface area contributed by atoms with Crippen LogP contribution in [0.1, 0.15) is 54.4 Å². The number of ether oxygens (including phenoxy) is 3. The SMILES string of the molecule is CCC[C@@H](Oc1ccccc1)[C@H](C)OC(=O)[C@H](C)NC(=O)OC(C)(C)C. The summed E-state index contributed by atoms with van der Waals surface area (Å²) >= 11 is 0. The van der Waals surface area contributed by atoms with E-state index in [2.05, 4.69) is 5.32 Å². The maximum Gasteiger partial charge on any atom is 0.408 e. The molecule has 0 aliphatic heterocycles. The Kier molecular flexibility index (Phi) is 8.42. The van der Waals surface area contributed by atoms with Gasteiger partial charge in [-0.25, -0.2) is 9.59 Å². The molecule has 0 fully saturated rings. The highest BCUT2D eigenvalue weighted by Crippen LogP contribution is 2.18. The number of alkyl carbamates (subject to hydrolysis) is 1. The van der Waals surface area contributed by atoms with Crippen LogP contribution in [0, 0.1) is 0 Å². The van der Waals surface area contributed by atoms with Gasteiger partial charge in [-0.05, 0) is 53.2 Å². The van der Waals surface area contributed by atoms with Crippen LogP contribution < -0.4 is 10.1 Å². The standard InChI is InChI=1S/C20H31NO5/c1-7-11-17(25-16-12-9-8-10-13-16)15(3)24-18(22)14(2)21-19(23)26-20(4,5)6/h8-10,12-15,17H,7,11H2,1-6H3,(H,21,23)/t14-,15-,17+/m0/s1. The van der Waals surface area contributed by atoms with Gasteiger partial charge in [0.25, 0.3) is 0 Å². The van der Waals surface area contributed by atoms with Crippen molar-refractivity contribution in [3.63, 3.8) is 0 Å². The zero-order valence-electron chi connectivity index (χ0n) is 16.6. The fourth-order valence-electron chi connectivity index (χ4n) is 2.25. The molecular formula is C20H31NO5. The predicted octanol–water partition coefficient (Wildman–Crippen LogP) is 4.08. The summed E-state index contributed by atoms with van der Waals surface area (Å²) < 4.78 is 16.6. The van der Waals surface area contributed by atoms with Crippen LogP contribution in [-0.2, 0) is 14.3 Å². The number of hydrogen-bond acceptors (Lipinski definition) is 5. The first-order valence-electron chi connectivity index (χ1n) is 9.04. The number of hydrogen-bond donors (Lipinski definition) is 1. The quantitative estimate of drug-likeness (QED) is 0.703. The van der Waals surface area contributed by atoms with E-state index < -0.39 is 29.8 Å². The van der Waals surface area contributed by atoms with E-state index in [1.165, 1.54) is 0 Å². The van der Waals surface area contributed by atoms with E-state index in [9.17, 15) is 9.59 Å². The van der Waals surface area contributed by atoms with Gasteiger partial charge in [0.2, 0.25) is 0 Å². The molecule has 0 spiro atoms. The fraction of sp³-hybridized carbons (Fsp3) is 0.600. The van der Waals surface area contributed by atoms with Crippen molar-refractivity contribution >= 4 is 12.1 Å². The monoisotopic (exact) mass is 365 g/mol. The Hall–Kier alpha value is -2.24. The number of benzene rings is 1. The lowest BCUT2D eigenvalue weighted by atomic mass is 10.1. The van der Waals surface area contributed by atoms with E-state index in [4.69, 9.17) is 14.2 Å². The number of rotatable bonds is 8. The number of carbonyl (C=O) groups excluding carboxylic acids is 2. The third kappa shape index (κ3) is 8.23. The Morgan fingerprint density at radius 1 is 1.12 bits per heavy atom. The highest BCUT2D eigenvalue weighted by atomic mass is 16.6. The van der Waals surface area contributed by atoms with Crippen molar-refractivity contribution in [1.29, 1.82) is 0 Å². The van der Waals surface area contributed by atoms with Gasteiger partial charge in [0, 0.05) is 0 Å². The van der Waals surface area contributed by atoms with Gasteiger partial charge >= 0.3 is 12.1 Å². The Bertz CT molecular complexity index is 567. The average Bonchev–Trinajstić information content (AvgIpc) is 2.53. The van der Waals surface area contributed by atoms with Gasteiger partial charge in [0.05, 0.1) is 0 Å². The minimum absolute atomic E-state index is 0.264. The number of carbonyl (C=O) groups is 2. The Morgan fingerprint density at radius 2 is 1.73 bits per heavy atom. The van der Waals surface area contributed by atoms with E-state index in [0.29, 0.717) is 0 Å². The first-order chi connectivity index (χ1) is 12.1. The number of nitrogens with one attached hydrogen (secondary N) is 1. The van der Waals surface area contributed by atoms with E-state index in [-0.39, 0.29) is 6.10 Å². The third-order valence-electron chi connectivity index (χ3n) is 3.52. The van der Waals surface area contributed by atoms with Gasteiger partial charge in [-0.3, -0.25) is 0 Å². The Balaban J connectivity index is 2.59. The zero-order chi connectivity index (χ0) is 19.7. The van der Waals surface area contributed by atoms with Gasteiger partial charge in [-0.2, -0.15) is 0 Å². The van der Waals surface area contributed by atoms with E-state index >= 15 is 0 Å². The van der Waals surface area contributed by atoms with Gasteiger partial charge in [-0.15, -0.1) is 0 Å². The Morgan fingerprint density at radius 3 is 2.27 bits per heavy atom. The van der Waals surface area contributed by atoms with Crippen LogP contribution in [0.3, 0.4) is 0 Å². The molecule has 0 saturated carbocycles. The molecule has 0 aromatic heterocycles. The van der Waals surface area contributed by atoms with Crippen LogP contribution in [0.15, 0.2) is 30.3 Å². The second-order valence-electron chi connectivity index (χ2n) is 7.27. The normalized spacial score (nSPS) is 14.7. The molecule has 0 bridgehead atoms. The van der Waals surface area contributed by atoms with Crippen molar-refractivity contribution < 1.29 is 23.8 Å². The lowest BCUT2D eigenvalue weighted by Gasteiger charge is -2.26. The van der Waals surface area contributed by atoms with Crippen LogP contribution >= 0.6 is 0 Å². The van der Waals surface area contributed by atoms with Crippen molar-refractivity contribution in [3.05, 3.63) is 30.3 Å².